The van der Waals surface area contributed by atoms with E-state index >= 15 is 0 Å². The lowest BCUT2D eigenvalue weighted by Gasteiger charge is -2.37. The van der Waals surface area contributed by atoms with Gasteiger partial charge in [-0.15, -0.1) is 0 Å². The standard InChI is InChI=1S/C22H25N5O3/c1-4-30-17-11-10-15(12-18(17)29-3)20-19(14(2)25-22-23-13-24-27(20)22)21(28)26-16-8-6-5-7-9-16/h5-14,19-20H,4H2,1-3H3,(H,26,28)(H,23,24,25)/t14-,19-,20+/m0/s1. The van der Waals surface area contributed by atoms with Crippen LogP contribution < -0.4 is 20.1 Å². The van der Waals surface area contributed by atoms with E-state index in [4.69, 9.17) is 9.47 Å². The summed E-state index contributed by atoms with van der Waals surface area (Å²) < 4.78 is 12.9. The molecule has 0 saturated carbocycles. The van der Waals surface area contributed by atoms with Gasteiger partial charge in [0.05, 0.1) is 25.7 Å². The molecule has 1 aliphatic heterocycles. The minimum Gasteiger partial charge on any atom is -0.493 e. The van der Waals surface area contributed by atoms with Crippen molar-refractivity contribution in [2.75, 3.05) is 24.4 Å². The molecule has 8 heteroatoms. The van der Waals surface area contributed by atoms with Crippen LogP contribution >= 0.6 is 0 Å². The molecule has 0 aliphatic carbocycles. The van der Waals surface area contributed by atoms with Crippen LogP contribution in [-0.4, -0.2) is 40.4 Å². The number of para-hydroxylation sites is 1. The van der Waals surface area contributed by atoms with E-state index in [1.165, 1.54) is 6.33 Å². The Labute approximate surface area is 175 Å². The van der Waals surface area contributed by atoms with E-state index in [0.717, 1.165) is 11.3 Å². The van der Waals surface area contributed by atoms with Gasteiger partial charge in [0.25, 0.3) is 0 Å². The Kier molecular flexibility index (Phi) is 5.56. The Morgan fingerprint density at radius 3 is 2.73 bits per heavy atom. The molecule has 0 saturated heterocycles. The van der Waals surface area contributed by atoms with Gasteiger partial charge in [0.2, 0.25) is 11.9 Å². The number of hydrogen-bond donors (Lipinski definition) is 2. The maximum absolute atomic E-state index is 13.3. The third-order valence-electron chi connectivity index (χ3n) is 5.25. The molecule has 1 aliphatic rings. The van der Waals surface area contributed by atoms with Crippen LogP contribution in [0.25, 0.3) is 0 Å². The van der Waals surface area contributed by atoms with Crippen LogP contribution in [0.2, 0.25) is 0 Å². The number of aromatic nitrogens is 3. The summed E-state index contributed by atoms with van der Waals surface area (Å²) in [5, 5.41) is 10.7. The molecular formula is C22H25N5O3. The van der Waals surface area contributed by atoms with E-state index < -0.39 is 5.92 Å². The highest BCUT2D eigenvalue weighted by atomic mass is 16.5. The second-order valence-electron chi connectivity index (χ2n) is 7.13. The highest BCUT2D eigenvalue weighted by molar-refractivity contribution is 5.94. The van der Waals surface area contributed by atoms with Crippen molar-refractivity contribution in [3.8, 4) is 11.5 Å². The molecule has 2 heterocycles. The summed E-state index contributed by atoms with van der Waals surface area (Å²) in [6.07, 6.45) is 1.49. The van der Waals surface area contributed by atoms with E-state index in [1.807, 2.05) is 62.4 Å². The van der Waals surface area contributed by atoms with E-state index in [0.29, 0.717) is 24.1 Å². The van der Waals surface area contributed by atoms with Crippen LogP contribution in [0, 0.1) is 5.92 Å². The van der Waals surface area contributed by atoms with Crippen molar-refractivity contribution in [1.29, 1.82) is 0 Å². The number of anilines is 2. The molecule has 0 spiro atoms. The van der Waals surface area contributed by atoms with Gasteiger partial charge in [-0.3, -0.25) is 4.79 Å². The van der Waals surface area contributed by atoms with Gasteiger partial charge >= 0.3 is 0 Å². The third-order valence-corrected chi connectivity index (χ3v) is 5.25. The molecule has 1 aromatic heterocycles. The quantitative estimate of drug-likeness (QED) is 0.651. The molecule has 1 amide bonds. The molecule has 8 nitrogen and oxygen atoms in total. The minimum absolute atomic E-state index is 0.0970. The van der Waals surface area contributed by atoms with Crippen molar-refractivity contribution >= 4 is 17.5 Å². The van der Waals surface area contributed by atoms with E-state index in [2.05, 4.69) is 20.7 Å². The number of ether oxygens (including phenoxy) is 2. The van der Waals surface area contributed by atoms with Gasteiger partial charge in [-0.25, -0.2) is 4.68 Å². The van der Waals surface area contributed by atoms with Crippen LogP contribution in [0.15, 0.2) is 54.9 Å². The first kappa shape index (κ1) is 19.8. The van der Waals surface area contributed by atoms with Crippen molar-refractivity contribution in [2.45, 2.75) is 25.9 Å². The van der Waals surface area contributed by atoms with Gasteiger partial charge in [0.15, 0.2) is 11.5 Å². The normalized spacial score (nSPS) is 20.0. The first-order valence-corrected chi connectivity index (χ1v) is 9.95. The predicted octanol–water partition coefficient (Wildman–Crippen LogP) is 3.34. The smallest absolute Gasteiger partial charge is 0.232 e. The Morgan fingerprint density at radius 2 is 2.00 bits per heavy atom. The maximum atomic E-state index is 13.3. The number of fused-ring (bicyclic) bond motifs is 1. The van der Waals surface area contributed by atoms with Crippen LogP contribution in [0.5, 0.6) is 11.5 Å². The molecule has 3 atom stereocenters. The fourth-order valence-corrected chi connectivity index (χ4v) is 3.88. The number of carbonyl (C=O) groups is 1. The zero-order valence-corrected chi connectivity index (χ0v) is 17.2. The molecule has 0 fully saturated rings. The summed E-state index contributed by atoms with van der Waals surface area (Å²) in [5.41, 5.74) is 1.64. The third kappa shape index (κ3) is 3.68. The van der Waals surface area contributed by atoms with E-state index in [-0.39, 0.29) is 18.0 Å². The number of benzene rings is 2. The summed E-state index contributed by atoms with van der Waals surface area (Å²) >= 11 is 0. The average Bonchev–Trinajstić information content (AvgIpc) is 3.22. The van der Waals surface area contributed by atoms with Crippen LogP contribution in [-0.2, 0) is 4.79 Å². The van der Waals surface area contributed by atoms with Crippen molar-refractivity contribution in [3.05, 3.63) is 60.4 Å². The number of hydrogen-bond acceptors (Lipinski definition) is 6. The molecule has 0 unspecified atom stereocenters. The number of nitrogens with one attached hydrogen (secondary N) is 2. The first-order valence-electron chi connectivity index (χ1n) is 9.95. The number of nitrogens with zero attached hydrogens (tertiary/aromatic N) is 3. The van der Waals surface area contributed by atoms with Gasteiger partial charge in [0.1, 0.15) is 6.33 Å². The fraction of sp³-hybridized carbons (Fsp3) is 0.318. The van der Waals surface area contributed by atoms with Gasteiger partial charge in [0, 0.05) is 11.7 Å². The summed E-state index contributed by atoms with van der Waals surface area (Å²) in [6, 6.07) is 14.6. The molecule has 2 N–H and O–H groups in total. The van der Waals surface area contributed by atoms with E-state index in [1.54, 1.807) is 11.8 Å². The Hall–Kier alpha value is -3.55. The first-order chi connectivity index (χ1) is 14.6. The lowest BCUT2D eigenvalue weighted by Crippen LogP contribution is -2.46. The number of rotatable bonds is 6. The molecular weight excluding hydrogens is 382 g/mol. The number of amides is 1. The van der Waals surface area contributed by atoms with E-state index in [9.17, 15) is 4.79 Å². The van der Waals surface area contributed by atoms with Crippen LogP contribution in [0.1, 0.15) is 25.5 Å². The zero-order chi connectivity index (χ0) is 21.1. The van der Waals surface area contributed by atoms with Crippen molar-refractivity contribution in [2.24, 2.45) is 5.92 Å². The lowest BCUT2D eigenvalue weighted by molar-refractivity contribution is -0.121. The Bertz CT molecular complexity index is 1020. The van der Waals surface area contributed by atoms with Crippen molar-refractivity contribution in [3.63, 3.8) is 0 Å². The molecule has 4 rings (SSSR count). The van der Waals surface area contributed by atoms with Gasteiger partial charge in [-0.05, 0) is 43.7 Å². The van der Waals surface area contributed by atoms with Crippen LogP contribution in [0.3, 0.4) is 0 Å². The second-order valence-corrected chi connectivity index (χ2v) is 7.13. The average molecular weight is 407 g/mol. The fourth-order valence-electron chi connectivity index (χ4n) is 3.88. The SMILES string of the molecule is CCOc1ccc([C@@H]2[C@@H](C(=O)Nc3ccccc3)[C@H](C)Nc3ncnn32)cc1OC. The highest BCUT2D eigenvalue weighted by Crippen LogP contribution is 2.39. The maximum Gasteiger partial charge on any atom is 0.232 e. The number of carbonyl (C=O) groups excluding carboxylic acids is 1. The molecule has 30 heavy (non-hydrogen) atoms. The predicted molar refractivity (Wildman–Crippen MR) is 114 cm³/mol. The van der Waals surface area contributed by atoms with Gasteiger partial charge in [-0.1, -0.05) is 24.3 Å². The van der Waals surface area contributed by atoms with Gasteiger partial charge in [-0.2, -0.15) is 10.1 Å². The summed E-state index contributed by atoms with van der Waals surface area (Å²) in [7, 11) is 1.60. The van der Waals surface area contributed by atoms with Gasteiger partial charge < -0.3 is 20.1 Å². The summed E-state index contributed by atoms with van der Waals surface area (Å²) in [4.78, 5) is 17.7. The summed E-state index contributed by atoms with van der Waals surface area (Å²) in [6.45, 7) is 4.44. The number of methoxy groups -OCH3 is 1. The van der Waals surface area contributed by atoms with Crippen molar-refractivity contribution in [1.82, 2.24) is 14.8 Å². The summed E-state index contributed by atoms with van der Waals surface area (Å²) in [5.74, 6) is 1.38. The lowest BCUT2D eigenvalue weighted by atomic mass is 9.85. The topological polar surface area (TPSA) is 90.3 Å². The molecule has 0 bridgehead atoms. The largest absolute Gasteiger partial charge is 0.493 e. The Balaban J connectivity index is 1.74. The monoisotopic (exact) mass is 407 g/mol. The molecule has 156 valence electrons. The zero-order valence-electron chi connectivity index (χ0n) is 17.2. The minimum atomic E-state index is -0.429. The van der Waals surface area contributed by atoms with Crippen molar-refractivity contribution < 1.29 is 14.3 Å². The molecule has 2 aromatic carbocycles. The molecule has 3 aromatic rings. The highest BCUT2D eigenvalue weighted by Gasteiger charge is 2.41. The van der Waals surface area contributed by atoms with Crippen LogP contribution in [0.4, 0.5) is 11.6 Å². The second kappa shape index (κ2) is 8.44. The Morgan fingerprint density at radius 1 is 1.20 bits per heavy atom. The molecule has 0 radical (unpaired) electrons.